The third-order valence-electron chi connectivity index (χ3n) is 2.78. The lowest BCUT2D eigenvalue weighted by atomic mass is 10.1. The van der Waals surface area contributed by atoms with Crippen LogP contribution in [0.15, 0.2) is 47.0 Å². The Morgan fingerprint density at radius 3 is 2.50 bits per heavy atom. The number of aromatic nitrogens is 1. The fourth-order valence-corrected chi connectivity index (χ4v) is 2.87. The molecular weight excluding hydrogens is 218 g/mol. The fraction of sp³-hybridized carbons (Fsp3) is 0. The van der Waals surface area contributed by atoms with E-state index >= 15 is 0 Å². The third kappa shape index (κ3) is 1.03. The van der Waals surface area contributed by atoms with Crippen molar-refractivity contribution in [3.05, 3.63) is 42.6 Å². The monoisotopic (exact) mass is 225 g/mol. The highest BCUT2D eigenvalue weighted by molar-refractivity contribution is 7.18. The molecule has 3 heteroatoms. The highest BCUT2D eigenvalue weighted by Gasteiger charge is 2.14. The zero-order valence-corrected chi connectivity index (χ0v) is 9.12. The van der Waals surface area contributed by atoms with Crippen LogP contribution < -0.4 is 0 Å². The summed E-state index contributed by atoms with van der Waals surface area (Å²) in [7, 11) is 0. The van der Waals surface area contributed by atoms with Gasteiger partial charge >= 0.3 is 0 Å². The maximum atomic E-state index is 5.74. The normalized spacial score (nSPS) is 11.8. The summed E-state index contributed by atoms with van der Waals surface area (Å²) in [5.41, 5.74) is 2.33. The Morgan fingerprint density at radius 2 is 1.62 bits per heavy atom. The van der Waals surface area contributed by atoms with E-state index in [0.29, 0.717) is 5.89 Å². The lowest BCUT2D eigenvalue weighted by Crippen LogP contribution is -1.76. The first-order chi connectivity index (χ1) is 7.90. The van der Waals surface area contributed by atoms with Crippen LogP contribution in [-0.2, 0) is 0 Å². The van der Waals surface area contributed by atoms with Crippen LogP contribution in [0.4, 0.5) is 0 Å². The molecule has 0 amide bonds. The van der Waals surface area contributed by atoms with Gasteiger partial charge < -0.3 is 4.42 Å². The minimum Gasteiger partial charge on any atom is -0.435 e. The van der Waals surface area contributed by atoms with Crippen molar-refractivity contribution in [2.24, 2.45) is 0 Å². The third-order valence-corrected chi connectivity index (χ3v) is 3.90. The van der Waals surface area contributed by atoms with E-state index in [1.54, 1.807) is 17.5 Å². The summed E-state index contributed by atoms with van der Waals surface area (Å²) >= 11 is 1.71. The van der Waals surface area contributed by atoms with Crippen LogP contribution in [0.1, 0.15) is 0 Å². The summed E-state index contributed by atoms with van der Waals surface area (Å²) in [6.07, 6.45) is 1.79. The molecule has 0 N–H and O–H groups in total. The van der Waals surface area contributed by atoms with E-state index in [1.165, 1.54) is 10.4 Å². The molecule has 76 valence electrons. The molecule has 5 rings (SSSR count). The molecule has 2 aromatic heterocycles. The number of hydrogen-bond acceptors (Lipinski definition) is 3. The fourth-order valence-electron chi connectivity index (χ4n) is 1.93. The van der Waals surface area contributed by atoms with Gasteiger partial charge in [0.15, 0.2) is 5.76 Å². The smallest absolute Gasteiger partial charge is 0.236 e. The first-order valence-corrected chi connectivity index (χ1v) is 5.89. The van der Waals surface area contributed by atoms with Crippen LogP contribution >= 0.6 is 11.3 Å². The predicted molar refractivity (Wildman–Crippen MR) is 64.2 cm³/mol. The van der Waals surface area contributed by atoms with Gasteiger partial charge in [0.25, 0.3) is 0 Å². The largest absolute Gasteiger partial charge is 0.435 e. The summed E-state index contributed by atoms with van der Waals surface area (Å²) < 4.78 is 5.74. The minimum atomic E-state index is 0.716. The Balaban J connectivity index is 2.17. The second-order valence-corrected chi connectivity index (χ2v) is 4.85. The van der Waals surface area contributed by atoms with E-state index in [2.05, 4.69) is 41.4 Å². The van der Waals surface area contributed by atoms with Gasteiger partial charge in [-0.15, -0.1) is 11.3 Å². The maximum absolute atomic E-state index is 5.74. The first-order valence-electron chi connectivity index (χ1n) is 5.07. The number of thiophene rings is 1. The van der Waals surface area contributed by atoms with Gasteiger partial charge in [0.1, 0.15) is 0 Å². The lowest BCUT2D eigenvalue weighted by Gasteiger charge is -2.01. The average Bonchev–Trinajstić information content (AvgIpc) is 2.96. The van der Waals surface area contributed by atoms with E-state index in [1.807, 2.05) is 0 Å². The van der Waals surface area contributed by atoms with Crippen molar-refractivity contribution in [2.45, 2.75) is 0 Å². The van der Waals surface area contributed by atoms with Crippen molar-refractivity contribution in [2.75, 3.05) is 0 Å². The van der Waals surface area contributed by atoms with E-state index in [0.717, 1.165) is 16.2 Å². The molecule has 3 aromatic rings. The molecule has 0 radical (unpaired) electrons. The van der Waals surface area contributed by atoms with Crippen LogP contribution in [0.2, 0.25) is 0 Å². The Morgan fingerprint density at radius 1 is 0.875 bits per heavy atom. The van der Waals surface area contributed by atoms with Gasteiger partial charge in [-0.25, -0.2) is 4.98 Å². The van der Waals surface area contributed by atoms with E-state index in [-0.39, 0.29) is 0 Å². The Kier molecular flexibility index (Phi) is 1.47. The molecule has 1 aromatic carbocycles. The van der Waals surface area contributed by atoms with Crippen molar-refractivity contribution in [3.8, 4) is 32.5 Å². The van der Waals surface area contributed by atoms with Gasteiger partial charge in [0.2, 0.25) is 5.89 Å². The molecule has 0 saturated heterocycles. The van der Waals surface area contributed by atoms with Crippen LogP contribution in [0.3, 0.4) is 0 Å². The lowest BCUT2D eigenvalue weighted by molar-refractivity contribution is 0.590. The Hall–Kier alpha value is -1.87. The van der Waals surface area contributed by atoms with Gasteiger partial charge in [-0.3, -0.25) is 0 Å². The minimum absolute atomic E-state index is 0.716. The van der Waals surface area contributed by atoms with Gasteiger partial charge in [0.05, 0.1) is 11.1 Å². The molecule has 0 atom stereocenters. The average molecular weight is 225 g/mol. The Labute approximate surface area is 96.2 Å². The summed E-state index contributed by atoms with van der Waals surface area (Å²) in [6, 6.07) is 12.6. The maximum Gasteiger partial charge on any atom is 0.236 e. The second kappa shape index (κ2) is 2.83. The molecule has 4 heterocycles. The molecule has 2 aliphatic rings. The van der Waals surface area contributed by atoms with E-state index in [4.69, 9.17) is 4.42 Å². The molecule has 6 bridgehead atoms. The SMILES string of the molecule is c1cc2ccc1-c1cnc(o1)-c1ccc-2s1. The molecule has 0 aliphatic carbocycles. The highest BCUT2D eigenvalue weighted by atomic mass is 32.1. The van der Waals surface area contributed by atoms with Gasteiger partial charge in [0, 0.05) is 10.4 Å². The molecule has 2 nitrogen and oxygen atoms in total. The molecule has 0 unspecified atom stereocenters. The van der Waals surface area contributed by atoms with Crippen molar-refractivity contribution in [1.29, 1.82) is 0 Å². The second-order valence-electron chi connectivity index (χ2n) is 3.77. The van der Waals surface area contributed by atoms with Crippen LogP contribution in [0.5, 0.6) is 0 Å². The van der Waals surface area contributed by atoms with E-state index < -0.39 is 0 Å². The molecule has 0 fully saturated rings. The number of nitrogens with zero attached hydrogens (tertiary/aromatic N) is 1. The topological polar surface area (TPSA) is 26.0 Å². The Bertz CT molecular complexity index is 604. The predicted octanol–water partition coefficient (Wildman–Crippen LogP) is 4.05. The van der Waals surface area contributed by atoms with Gasteiger partial charge in [-0.2, -0.15) is 0 Å². The number of hydrogen-bond donors (Lipinski definition) is 0. The van der Waals surface area contributed by atoms with Crippen molar-refractivity contribution in [1.82, 2.24) is 4.98 Å². The van der Waals surface area contributed by atoms with Crippen LogP contribution in [0.25, 0.3) is 32.5 Å². The zero-order valence-electron chi connectivity index (χ0n) is 8.31. The molecule has 0 spiro atoms. The number of oxazole rings is 1. The van der Waals surface area contributed by atoms with Crippen LogP contribution in [-0.4, -0.2) is 4.98 Å². The van der Waals surface area contributed by atoms with Gasteiger partial charge in [-0.05, 0) is 17.7 Å². The molecule has 16 heavy (non-hydrogen) atoms. The summed E-state index contributed by atoms with van der Waals surface area (Å²) in [5, 5.41) is 0. The molecule has 0 saturated carbocycles. The molecule has 2 aliphatic heterocycles. The van der Waals surface area contributed by atoms with Crippen molar-refractivity contribution in [3.63, 3.8) is 0 Å². The first kappa shape index (κ1) is 8.30. The molecular formula is C13H7NOS. The van der Waals surface area contributed by atoms with E-state index in [9.17, 15) is 0 Å². The zero-order chi connectivity index (χ0) is 10.5. The number of rotatable bonds is 0. The summed E-state index contributed by atoms with van der Waals surface area (Å²) in [4.78, 5) is 6.65. The number of fused-ring (bicyclic) bond motifs is 2. The van der Waals surface area contributed by atoms with Crippen LogP contribution in [0, 0.1) is 0 Å². The summed E-state index contributed by atoms with van der Waals surface area (Å²) in [6.45, 7) is 0. The quantitative estimate of drug-likeness (QED) is 0.451. The summed E-state index contributed by atoms with van der Waals surface area (Å²) in [5.74, 6) is 1.55. The van der Waals surface area contributed by atoms with Crippen molar-refractivity contribution >= 4 is 11.3 Å². The highest BCUT2D eigenvalue weighted by Crippen LogP contribution is 2.37. The number of benzene rings is 1. The van der Waals surface area contributed by atoms with Gasteiger partial charge in [-0.1, -0.05) is 24.3 Å². The standard InChI is InChI=1S/C13H7NOS/c1-3-9-4-2-8(1)10-7-14-13(15-10)12-6-5-11(9)16-12/h1-7H. The van der Waals surface area contributed by atoms with Crippen molar-refractivity contribution < 1.29 is 4.42 Å².